The predicted molar refractivity (Wildman–Crippen MR) is 105 cm³/mol. The van der Waals surface area contributed by atoms with Gasteiger partial charge in [-0.2, -0.15) is 0 Å². The summed E-state index contributed by atoms with van der Waals surface area (Å²) in [7, 11) is 0. The van der Waals surface area contributed by atoms with Gasteiger partial charge in [-0.1, -0.05) is 74.5 Å². The number of nitrogens with two attached hydrogens (primary N) is 1. The van der Waals surface area contributed by atoms with Gasteiger partial charge in [-0.15, -0.1) is 0 Å². The van der Waals surface area contributed by atoms with Crippen molar-refractivity contribution in [3.05, 3.63) is 89.0 Å². The summed E-state index contributed by atoms with van der Waals surface area (Å²) >= 11 is 0. The molecule has 27 heavy (non-hydrogen) atoms. The lowest BCUT2D eigenvalue weighted by atomic mass is 10.0. The van der Waals surface area contributed by atoms with Crippen molar-refractivity contribution in [3.8, 4) is 0 Å². The van der Waals surface area contributed by atoms with E-state index in [4.69, 9.17) is 15.5 Å². The molecular formula is C22H25N3O2. The van der Waals surface area contributed by atoms with E-state index in [1.54, 1.807) is 0 Å². The monoisotopic (exact) mass is 363 g/mol. The Kier molecular flexibility index (Phi) is 5.91. The van der Waals surface area contributed by atoms with Gasteiger partial charge < -0.3 is 15.0 Å². The van der Waals surface area contributed by atoms with Gasteiger partial charge in [0.15, 0.2) is 6.61 Å². The molecule has 1 heterocycles. The normalized spacial score (nSPS) is 10.9. The molecule has 0 bridgehead atoms. The number of amides is 1. The summed E-state index contributed by atoms with van der Waals surface area (Å²) in [6.45, 7) is 5.06. The first-order chi connectivity index (χ1) is 13.0. The summed E-state index contributed by atoms with van der Waals surface area (Å²) in [4.78, 5) is 15.9. The molecule has 0 fully saturated rings. The molecule has 0 spiro atoms. The van der Waals surface area contributed by atoms with Crippen LogP contribution in [0.4, 0.5) is 4.79 Å². The minimum atomic E-state index is -0.792. The molecular weight excluding hydrogens is 338 g/mol. The van der Waals surface area contributed by atoms with Crippen LogP contribution in [0.25, 0.3) is 0 Å². The number of carbonyl (C=O) groups excluding carboxylic acids is 1. The van der Waals surface area contributed by atoms with E-state index in [1.165, 1.54) is 11.1 Å². The molecule has 0 saturated carbocycles. The van der Waals surface area contributed by atoms with Gasteiger partial charge in [-0.05, 0) is 17.0 Å². The molecule has 2 aromatic carbocycles. The van der Waals surface area contributed by atoms with Crippen LogP contribution in [-0.2, 0) is 24.3 Å². The Bertz CT molecular complexity index is 887. The Morgan fingerprint density at radius 2 is 1.63 bits per heavy atom. The van der Waals surface area contributed by atoms with Crippen molar-refractivity contribution in [2.45, 2.75) is 39.3 Å². The Labute approximate surface area is 159 Å². The van der Waals surface area contributed by atoms with E-state index < -0.39 is 6.09 Å². The smallest absolute Gasteiger partial charge is 0.404 e. The van der Waals surface area contributed by atoms with Crippen molar-refractivity contribution >= 4 is 6.09 Å². The van der Waals surface area contributed by atoms with Gasteiger partial charge in [0, 0.05) is 18.7 Å². The Hall–Kier alpha value is -3.08. The summed E-state index contributed by atoms with van der Waals surface area (Å²) in [5.41, 5.74) is 9.71. The van der Waals surface area contributed by atoms with E-state index in [0.717, 1.165) is 17.8 Å². The van der Waals surface area contributed by atoms with Crippen molar-refractivity contribution in [2.75, 3.05) is 0 Å². The van der Waals surface area contributed by atoms with Crippen LogP contribution < -0.4 is 5.73 Å². The highest BCUT2D eigenvalue weighted by Gasteiger charge is 2.20. The number of hydrogen-bond donors (Lipinski definition) is 1. The molecule has 0 atom stereocenters. The molecule has 3 aromatic rings. The van der Waals surface area contributed by atoms with E-state index in [1.807, 2.05) is 36.4 Å². The standard InChI is InChI=1S/C22H25N3O2/c1-16(2)21-19(13-17-9-5-3-6-10-17)24-20(15-27-22(23)26)25(21)14-18-11-7-4-8-12-18/h3-12,16H,13-15H2,1-2H3,(H2,23,26). The third kappa shape index (κ3) is 4.76. The maximum Gasteiger partial charge on any atom is 0.404 e. The van der Waals surface area contributed by atoms with Gasteiger partial charge >= 0.3 is 6.09 Å². The van der Waals surface area contributed by atoms with Gasteiger partial charge in [0.25, 0.3) is 0 Å². The summed E-state index contributed by atoms with van der Waals surface area (Å²) in [5.74, 6) is 0.995. The lowest BCUT2D eigenvalue weighted by Gasteiger charge is -2.15. The van der Waals surface area contributed by atoms with Crippen molar-refractivity contribution in [1.29, 1.82) is 0 Å². The van der Waals surface area contributed by atoms with Crippen LogP contribution in [0.3, 0.4) is 0 Å². The molecule has 2 N–H and O–H groups in total. The van der Waals surface area contributed by atoms with Crippen LogP contribution in [0, 0.1) is 0 Å². The highest BCUT2D eigenvalue weighted by molar-refractivity contribution is 5.64. The zero-order chi connectivity index (χ0) is 19.2. The van der Waals surface area contributed by atoms with Gasteiger partial charge in [-0.3, -0.25) is 0 Å². The van der Waals surface area contributed by atoms with Gasteiger partial charge in [-0.25, -0.2) is 9.78 Å². The summed E-state index contributed by atoms with van der Waals surface area (Å²) in [6, 6.07) is 20.5. The molecule has 0 unspecified atom stereocenters. The van der Waals surface area contributed by atoms with Crippen molar-refractivity contribution in [1.82, 2.24) is 9.55 Å². The summed E-state index contributed by atoms with van der Waals surface area (Å²) in [5, 5.41) is 0. The van der Waals surface area contributed by atoms with Crippen molar-refractivity contribution in [2.24, 2.45) is 5.73 Å². The van der Waals surface area contributed by atoms with Crippen molar-refractivity contribution in [3.63, 3.8) is 0 Å². The minimum Gasteiger partial charge on any atom is -0.442 e. The van der Waals surface area contributed by atoms with E-state index in [0.29, 0.717) is 12.4 Å². The number of primary amides is 1. The fraction of sp³-hybridized carbons (Fsp3) is 0.273. The van der Waals surface area contributed by atoms with Crippen LogP contribution in [0.5, 0.6) is 0 Å². The Morgan fingerprint density at radius 3 is 2.19 bits per heavy atom. The maximum atomic E-state index is 11.1. The highest BCUT2D eigenvalue weighted by atomic mass is 16.5. The summed E-state index contributed by atoms with van der Waals surface area (Å²) < 4.78 is 7.21. The number of benzene rings is 2. The predicted octanol–water partition coefficient (Wildman–Crippen LogP) is 4.24. The average molecular weight is 363 g/mol. The van der Waals surface area contributed by atoms with E-state index in [2.05, 4.69) is 42.7 Å². The molecule has 0 radical (unpaired) electrons. The summed E-state index contributed by atoms with van der Waals surface area (Å²) in [6.07, 6.45) is -0.0559. The SMILES string of the molecule is CC(C)c1c(Cc2ccccc2)nc(COC(N)=O)n1Cc1ccccc1. The minimum absolute atomic E-state index is 0.0661. The third-order valence-electron chi connectivity index (χ3n) is 4.45. The van der Waals surface area contributed by atoms with Gasteiger partial charge in [0.05, 0.1) is 5.69 Å². The van der Waals surface area contributed by atoms with Crippen LogP contribution in [0.1, 0.15) is 48.1 Å². The quantitative estimate of drug-likeness (QED) is 0.682. The average Bonchev–Trinajstić information content (AvgIpc) is 2.98. The number of imidazole rings is 1. The zero-order valence-electron chi connectivity index (χ0n) is 15.8. The first-order valence-corrected chi connectivity index (χ1v) is 9.13. The third-order valence-corrected chi connectivity index (χ3v) is 4.45. The molecule has 5 heteroatoms. The van der Waals surface area contributed by atoms with Gasteiger partial charge in [0.1, 0.15) is 5.82 Å². The number of ether oxygens (including phenoxy) is 1. The second-order valence-electron chi connectivity index (χ2n) is 6.86. The van der Waals surface area contributed by atoms with Crippen LogP contribution in [-0.4, -0.2) is 15.6 Å². The maximum absolute atomic E-state index is 11.1. The molecule has 5 nitrogen and oxygen atoms in total. The number of aromatic nitrogens is 2. The van der Waals surface area contributed by atoms with Crippen LogP contribution in [0.2, 0.25) is 0 Å². The first-order valence-electron chi connectivity index (χ1n) is 9.13. The lowest BCUT2D eigenvalue weighted by molar-refractivity contribution is 0.146. The van der Waals surface area contributed by atoms with Crippen LogP contribution >= 0.6 is 0 Å². The molecule has 0 saturated heterocycles. The Morgan fingerprint density at radius 1 is 1.04 bits per heavy atom. The molecule has 1 amide bonds. The van der Waals surface area contributed by atoms with Crippen LogP contribution in [0.15, 0.2) is 60.7 Å². The highest BCUT2D eigenvalue weighted by Crippen LogP contribution is 2.25. The number of carbonyl (C=O) groups is 1. The molecule has 0 aliphatic heterocycles. The molecule has 1 aromatic heterocycles. The second kappa shape index (κ2) is 8.54. The van der Waals surface area contributed by atoms with Crippen molar-refractivity contribution < 1.29 is 9.53 Å². The van der Waals surface area contributed by atoms with E-state index in [-0.39, 0.29) is 12.5 Å². The zero-order valence-corrected chi connectivity index (χ0v) is 15.8. The fourth-order valence-corrected chi connectivity index (χ4v) is 3.32. The molecule has 0 aliphatic rings. The second-order valence-corrected chi connectivity index (χ2v) is 6.86. The first kappa shape index (κ1) is 18.7. The van der Waals surface area contributed by atoms with E-state index >= 15 is 0 Å². The number of rotatable bonds is 7. The number of hydrogen-bond acceptors (Lipinski definition) is 3. The molecule has 140 valence electrons. The fourth-order valence-electron chi connectivity index (χ4n) is 3.32. The molecule has 0 aliphatic carbocycles. The van der Waals surface area contributed by atoms with E-state index in [9.17, 15) is 4.79 Å². The lowest BCUT2D eigenvalue weighted by Crippen LogP contribution is -2.16. The Balaban J connectivity index is 2.02. The largest absolute Gasteiger partial charge is 0.442 e. The topological polar surface area (TPSA) is 70.1 Å². The molecule has 3 rings (SSSR count). The van der Waals surface area contributed by atoms with Gasteiger partial charge in [0.2, 0.25) is 0 Å². The number of nitrogens with zero attached hydrogens (tertiary/aromatic N) is 2.